The number of carbonyl (C=O) groups is 3. The van der Waals surface area contributed by atoms with Crippen LogP contribution >= 0.6 is 11.6 Å². The molecule has 2 saturated heterocycles. The number of nitriles is 1. The van der Waals surface area contributed by atoms with Gasteiger partial charge < -0.3 is 15.0 Å². The first-order chi connectivity index (χ1) is 28.7. The van der Waals surface area contributed by atoms with Crippen LogP contribution in [0.1, 0.15) is 74.6 Å². The smallest absolute Gasteiger partial charge is 0.278 e. The number of nitrogens with zero attached hydrogens (tertiary/aromatic N) is 9. The summed E-state index contributed by atoms with van der Waals surface area (Å²) in [6.45, 7) is 12.8. The Morgan fingerprint density at radius 3 is 2.38 bits per heavy atom. The average molecular weight is 832 g/mol. The van der Waals surface area contributed by atoms with Crippen molar-refractivity contribution in [2.24, 2.45) is 10.8 Å². The number of amides is 3. The molecule has 2 N–H and O–H groups in total. The van der Waals surface area contributed by atoms with E-state index in [-0.39, 0.29) is 53.0 Å². The van der Waals surface area contributed by atoms with Gasteiger partial charge in [0.15, 0.2) is 0 Å². The Morgan fingerprint density at radius 2 is 1.68 bits per heavy atom. The SMILES string of the molecule is CC1(C)C(NC(=O)c2ccc(N3CCN(CCCc4cn(-c5ccc6nnn(C7CCC(=O)NC7=O)c(=O)c6c5)nn4)CC3)cc2)C(C)(C)C1Oc1ccc(C#N)c(Cl)c1. The van der Waals surface area contributed by atoms with Crippen LogP contribution in [-0.4, -0.2) is 97.5 Å². The Balaban J connectivity index is 0.802. The first-order valence-electron chi connectivity index (χ1n) is 20.1. The van der Waals surface area contributed by atoms with Gasteiger partial charge in [-0.2, -0.15) is 9.94 Å². The summed E-state index contributed by atoms with van der Waals surface area (Å²) in [4.78, 5) is 55.6. The van der Waals surface area contributed by atoms with Crippen molar-refractivity contribution in [3.63, 3.8) is 0 Å². The highest BCUT2D eigenvalue weighted by Crippen LogP contribution is 2.55. The van der Waals surface area contributed by atoms with Crippen LogP contribution in [-0.2, 0) is 16.0 Å². The normalized spacial score (nSPS) is 21.2. The van der Waals surface area contributed by atoms with Gasteiger partial charge in [0.2, 0.25) is 5.91 Å². The van der Waals surface area contributed by atoms with E-state index < -0.39 is 17.5 Å². The third kappa shape index (κ3) is 7.82. The summed E-state index contributed by atoms with van der Waals surface area (Å²) in [5.41, 5.74) is 2.75. The van der Waals surface area contributed by atoms with Gasteiger partial charge in [0.25, 0.3) is 17.4 Å². The van der Waals surface area contributed by atoms with E-state index in [4.69, 9.17) is 16.3 Å². The van der Waals surface area contributed by atoms with Crippen molar-refractivity contribution < 1.29 is 19.1 Å². The van der Waals surface area contributed by atoms with Crippen LogP contribution in [0, 0.1) is 22.2 Å². The van der Waals surface area contributed by atoms with Gasteiger partial charge in [-0.25, -0.2) is 4.68 Å². The number of benzene rings is 3. The topological polar surface area (TPSA) is 193 Å². The number of aromatic nitrogens is 6. The van der Waals surface area contributed by atoms with Crippen LogP contribution in [0.4, 0.5) is 5.69 Å². The maximum Gasteiger partial charge on any atom is 0.278 e. The number of imide groups is 1. The van der Waals surface area contributed by atoms with Crippen molar-refractivity contribution >= 4 is 45.9 Å². The number of nitrogens with one attached hydrogen (secondary N) is 2. The van der Waals surface area contributed by atoms with E-state index in [0.29, 0.717) is 33.1 Å². The predicted molar refractivity (Wildman–Crippen MR) is 223 cm³/mol. The summed E-state index contributed by atoms with van der Waals surface area (Å²) >= 11 is 6.25. The fourth-order valence-corrected chi connectivity index (χ4v) is 9.40. The monoisotopic (exact) mass is 831 g/mol. The fraction of sp³-hybridized carbons (Fsp3) is 0.419. The number of halogens is 1. The van der Waals surface area contributed by atoms with Crippen molar-refractivity contribution in [3.05, 3.63) is 99.1 Å². The van der Waals surface area contributed by atoms with Crippen LogP contribution in [0.3, 0.4) is 0 Å². The second-order valence-corrected chi connectivity index (χ2v) is 17.3. The van der Waals surface area contributed by atoms with Gasteiger partial charge in [0, 0.05) is 66.8 Å². The molecule has 17 heteroatoms. The minimum Gasteiger partial charge on any atom is -0.489 e. The van der Waals surface area contributed by atoms with E-state index in [1.54, 1.807) is 41.1 Å². The van der Waals surface area contributed by atoms with Crippen LogP contribution in [0.25, 0.3) is 16.6 Å². The number of ether oxygens (including phenoxy) is 1. The largest absolute Gasteiger partial charge is 0.489 e. The summed E-state index contributed by atoms with van der Waals surface area (Å²) in [5, 5.41) is 32.1. The third-order valence-corrected chi connectivity index (χ3v) is 12.5. The summed E-state index contributed by atoms with van der Waals surface area (Å²) in [7, 11) is 0. The lowest BCUT2D eigenvalue weighted by atomic mass is 9.49. The molecular formula is C43H46ClN11O5. The van der Waals surface area contributed by atoms with Gasteiger partial charge in [-0.3, -0.25) is 29.4 Å². The number of rotatable bonds is 11. The molecule has 2 aromatic heterocycles. The second-order valence-electron chi connectivity index (χ2n) is 16.9. The van der Waals surface area contributed by atoms with Crippen LogP contribution in [0.5, 0.6) is 5.75 Å². The molecule has 0 radical (unpaired) electrons. The molecule has 310 valence electrons. The molecule has 3 fully saturated rings. The number of aryl methyl sites for hydroxylation is 1. The molecule has 3 amide bonds. The molecule has 60 heavy (non-hydrogen) atoms. The van der Waals surface area contributed by atoms with Crippen molar-refractivity contribution in [1.29, 1.82) is 5.26 Å². The summed E-state index contributed by atoms with van der Waals surface area (Å²) in [6, 6.07) is 19.1. The van der Waals surface area contributed by atoms with Gasteiger partial charge in [-0.1, -0.05) is 49.7 Å². The summed E-state index contributed by atoms with van der Waals surface area (Å²) in [5.74, 6) is -0.469. The molecule has 4 heterocycles. The predicted octanol–water partition coefficient (Wildman–Crippen LogP) is 4.24. The maximum atomic E-state index is 13.5. The molecule has 1 atom stereocenters. The summed E-state index contributed by atoms with van der Waals surface area (Å²) in [6.07, 6.45) is 3.61. The molecule has 5 aromatic rings. The number of anilines is 1. The molecule has 8 rings (SSSR count). The molecule has 1 aliphatic carbocycles. The first-order valence-corrected chi connectivity index (χ1v) is 20.5. The molecule has 0 spiro atoms. The van der Waals surface area contributed by atoms with Gasteiger partial charge in [0.1, 0.15) is 29.5 Å². The van der Waals surface area contributed by atoms with Gasteiger partial charge >= 0.3 is 0 Å². The van der Waals surface area contributed by atoms with Crippen LogP contribution < -0.4 is 25.8 Å². The number of hydrogen-bond acceptors (Lipinski definition) is 12. The lowest BCUT2D eigenvalue weighted by Gasteiger charge is -2.63. The lowest BCUT2D eigenvalue weighted by Crippen LogP contribution is -2.74. The zero-order valence-corrected chi connectivity index (χ0v) is 34.6. The van der Waals surface area contributed by atoms with Crippen molar-refractivity contribution in [2.75, 3.05) is 37.6 Å². The maximum absolute atomic E-state index is 13.5. The van der Waals surface area contributed by atoms with E-state index in [0.717, 1.165) is 61.6 Å². The van der Waals surface area contributed by atoms with Gasteiger partial charge in [0.05, 0.1) is 33.6 Å². The molecule has 2 aliphatic heterocycles. The minimum absolute atomic E-state index is 0.123. The first kappa shape index (κ1) is 40.6. The van der Waals surface area contributed by atoms with E-state index in [1.807, 2.05) is 30.5 Å². The minimum atomic E-state index is -0.899. The molecule has 16 nitrogen and oxygen atoms in total. The molecular weight excluding hydrogens is 786 g/mol. The Morgan fingerprint density at radius 1 is 0.950 bits per heavy atom. The molecule has 1 saturated carbocycles. The number of piperidine rings is 1. The Bertz CT molecular complexity index is 2560. The Hall–Kier alpha value is -6.18. The van der Waals surface area contributed by atoms with Crippen molar-refractivity contribution in [1.82, 2.24) is 45.5 Å². The van der Waals surface area contributed by atoms with Crippen LogP contribution in [0.15, 0.2) is 71.7 Å². The standard InChI is InChI=1S/C43H46ClN11O5/c1-42(2)40(43(3,4)41(42)60-31-13-9-27(24-45)33(44)23-31)47-37(57)26-7-10-29(11-8-26)53-20-18-52(19-21-53)17-5-6-28-25-54(50-48-28)30-12-14-34-32(22-30)39(59)55(51-49-34)35-15-16-36(56)46-38(35)58/h7-14,22-23,25,35,40-41H,5-6,15-21H2,1-4H3,(H,47,57)(H,46,56,58). The second kappa shape index (κ2) is 16.1. The number of piperazine rings is 1. The number of hydrogen-bond donors (Lipinski definition) is 2. The molecule has 1 unspecified atom stereocenters. The van der Waals surface area contributed by atoms with Gasteiger partial charge in [-0.15, -0.1) is 10.2 Å². The summed E-state index contributed by atoms with van der Waals surface area (Å²) < 4.78 is 9.04. The average Bonchev–Trinajstić information content (AvgIpc) is 3.71. The van der Waals surface area contributed by atoms with Crippen molar-refractivity contribution in [2.45, 2.75) is 71.6 Å². The third-order valence-electron chi connectivity index (χ3n) is 12.2. The zero-order valence-electron chi connectivity index (χ0n) is 33.9. The highest BCUT2D eigenvalue weighted by molar-refractivity contribution is 6.31. The van der Waals surface area contributed by atoms with E-state index >= 15 is 0 Å². The molecule has 3 aliphatic rings. The molecule has 0 bridgehead atoms. The van der Waals surface area contributed by atoms with E-state index in [9.17, 15) is 24.4 Å². The van der Waals surface area contributed by atoms with Crippen LogP contribution in [0.2, 0.25) is 5.02 Å². The Kier molecular flexibility index (Phi) is 10.9. The molecule has 3 aromatic carbocycles. The van der Waals surface area contributed by atoms with E-state index in [2.05, 4.69) is 74.8 Å². The highest BCUT2D eigenvalue weighted by Gasteiger charge is 2.64. The van der Waals surface area contributed by atoms with Gasteiger partial charge in [-0.05, 0) is 80.4 Å². The Labute approximate surface area is 351 Å². The quantitative estimate of drug-likeness (QED) is 0.180. The lowest BCUT2D eigenvalue weighted by molar-refractivity contribution is -0.164. The zero-order chi connectivity index (χ0) is 42.3. The highest BCUT2D eigenvalue weighted by atomic mass is 35.5. The number of fused-ring (bicyclic) bond motifs is 1. The number of carbonyl (C=O) groups excluding carboxylic acids is 3. The fourth-order valence-electron chi connectivity index (χ4n) is 9.19. The van der Waals surface area contributed by atoms with Crippen molar-refractivity contribution in [3.8, 4) is 17.5 Å². The van der Waals surface area contributed by atoms with E-state index in [1.165, 1.54) is 0 Å².